The minimum Gasteiger partial charge on any atom is -0.335 e. The molecule has 4 heteroatoms. The molecule has 0 unspecified atom stereocenters. The van der Waals surface area contributed by atoms with E-state index in [0.717, 1.165) is 44.5 Å². The van der Waals surface area contributed by atoms with Crippen LogP contribution in [-0.4, -0.2) is 37.1 Å². The molecular formula is C17H27N3O. The second kappa shape index (κ2) is 7.46. The maximum absolute atomic E-state index is 12.3. The van der Waals surface area contributed by atoms with Crippen LogP contribution in [0.15, 0.2) is 18.2 Å². The predicted molar refractivity (Wildman–Crippen MR) is 87.9 cm³/mol. The van der Waals surface area contributed by atoms with Crippen molar-refractivity contribution >= 4 is 11.7 Å². The first-order valence-corrected chi connectivity index (χ1v) is 8.00. The van der Waals surface area contributed by atoms with Gasteiger partial charge < -0.3 is 15.5 Å². The molecule has 2 rings (SSSR count). The fourth-order valence-electron chi connectivity index (χ4n) is 2.89. The van der Waals surface area contributed by atoms with Crippen molar-refractivity contribution in [2.24, 2.45) is 0 Å². The lowest BCUT2D eigenvalue weighted by Gasteiger charge is -2.29. The van der Waals surface area contributed by atoms with Gasteiger partial charge in [-0.15, -0.1) is 0 Å². The lowest BCUT2D eigenvalue weighted by molar-refractivity contribution is 0.221. The summed E-state index contributed by atoms with van der Waals surface area (Å²) in [6.45, 7) is 6.34. The summed E-state index contributed by atoms with van der Waals surface area (Å²) in [4.78, 5) is 14.6. The van der Waals surface area contributed by atoms with Crippen LogP contribution in [-0.2, 0) is 12.8 Å². The van der Waals surface area contributed by atoms with Crippen LogP contribution in [0.1, 0.15) is 37.8 Å². The molecule has 2 N–H and O–H groups in total. The number of nitrogens with one attached hydrogen (secondary N) is 2. The van der Waals surface area contributed by atoms with Gasteiger partial charge in [0, 0.05) is 11.7 Å². The molecule has 1 saturated heterocycles. The first-order valence-electron chi connectivity index (χ1n) is 8.00. The van der Waals surface area contributed by atoms with E-state index in [0.29, 0.717) is 6.04 Å². The Morgan fingerprint density at radius 3 is 2.29 bits per heavy atom. The van der Waals surface area contributed by atoms with E-state index in [1.54, 1.807) is 0 Å². The van der Waals surface area contributed by atoms with Crippen LogP contribution in [0, 0.1) is 0 Å². The molecule has 0 aliphatic carbocycles. The number of rotatable bonds is 4. The van der Waals surface area contributed by atoms with Gasteiger partial charge in [0.05, 0.1) is 0 Å². The van der Waals surface area contributed by atoms with Crippen LogP contribution in [0.4, 0.5) is 10.5 Å². The number of carbonyl (C=O) groups is 1. The van der Waals surface area contributed by atoms with Gasteiger partial charge in [0.2, 0.25) is 0 Å². The minimum absolute atomic E-state index is 0.0693. The smallest absolute Gasteiger partial charge is 0.319 e. The Bertz CT molecular complexity index is 457. The van der Waals surface area contributed by atoms with Crippen molar-refractivity contribution in [3.05, 3.63) is 29.3 Å². The van der Waals surface area contributed by atoms with Crippen LogP contribution in [0.2, 0.25) is 0 Å². The van der Waals surface area contributed by atoms with Crippen LogP contribution in [0.5, 0.6) is 0 Å². The van der Waals surface area contributed by atoms with Crippen molar-refractivity contribution in [3.8, 4) is 0 Å². The molecule has 116 valence electrons. The second-order valence-corrected chi connectivity index (χ2v) is 5.83. The van der Waals surface area contributed by atoms with Crippen molar-refractivity contribution < 1.29 is 4.79 Å². The van der Waals surface area contributed by atoms with Crippen molar-refractivity contribution in [1.29, 1.82) is 0 Å². The number of para-hydroxylation sites is 1. The summed E-state index contributed by atoms with van der Waals surface area (Å²) in [5.74, 6) is 0. The van der Waals surface area contributed by atoms with Gasteiger partial charge in [0.15, 0.2) is 0 Å². The molecule has 0 atom stereocenters. The Morgan fingerprint density at radius 2 is 1.76 bits per heavy atom. The van der Waals surface area contributed by atoms with E-state index < -0.39 is 0 Å². The summed E-state index contributed by atoms with van der Waals surface area (Å²) in [7, 11) is 2.13. The van der Waals surface area contributed by atoms with Crippen molar-refractivity contribution in [2.45, 2.75) is 45.6 Å². The standard InChI is InChI=1S/C17H27N3O/c1-4-13-7-6-8-14(5-2)16(13)19-17(21)18-15-9-11-20(3)12-10-15/h6-8,15H,4-5,9-12H2,1-3H3,(H2,18,19,21). The molecule has 0 saturated carbocycles. The molecule has 1 heterocycles. The lowest BCUT2D eigenvalue weighted by Crippen LogP contribution is -2.45. The van der Waals surface area contributed by atoms with Gasteiger partial charge in [-0.05, 0) is 56.9 Å². The molecule has 4 nitrogen and oxygen atoms in total. The summed E-state index contributed by atoms with van der Waals surface area (Å²) in [6, 6.07) is 6.46. The zero-order chi connectivity index (χ0) is 15.2. The Labute approximate surface area is 127 Å². The largest absolute Gasteiger partial charge is 0.335 e. The SMILES string of the molecule is CCc1cccc(CC)c1NC(=O)NC1CCN(C)CC1. The van der Waals surface area contributed by atoms with Crippen molar-refractivity contribution in [1.82, 2.24) is 10.2 Å². The van der Waals surface area contributed by atoms with E-state index in [9.17, 15) is 4.79 Å². The van der Waals surface area contributed by atoms with Crippen LogP contribution in [0.25, 0.3) is 0 Å². The summed E-state index contributed by atoms with van der Waals surface area (Å²) < 4.78 is 0. The molecule has 2 amide bonds. The molecule has 1 aromatic carbocycles. The van der Waals surface area contributed by atoms with Gasteiger partial charge in [0.1, 0.15) is 0 Å². The van der Waals surface area contributed by atoms with Crippen LogP contribution in [0.3, 0.4) is 0 Å². The molecular weight excluding hydrogens is 262 g/mol. The van der Waals surface area contributed by atoms with E-state index in [-0.39, 0.29) is 6.03 Å². The van der Waals surface area contributed by atoms with Gasteiger partial charge in [-0.25, -0.2) is 4.79 Å². The summed E-state index contributed by atoms with van der Waals surface area (Å²) in [5.41, 5.74) is 3.40. The average molecular weight is 289 g/mol. The molecule has 21 heavy (non-hydrogen) atoms. The first kappa shape index (κ1) is 15.8. The summed E-state index contributed by atoms with van der Waals surface area (Å²) >= 11 is 0. The summed E-state index contributed by atoms with van der Waals surface area (Å²) in [5, 5.41) is 6.19. The fourth-order valence-corrected chi connectivity index (χ4v) is 2.89. The van der Waals surface area contributed by atoms with E-state index in [4.69, 9.17) is 0 Å². The highest BCUT2D eigenvalue weighted by molar-refractivity contribution is 5.91. The molecule has 0 aromatic heterocycles. The number of carbonyl (C=O) groups excluding carboxylic acids is 1. The topological polar surface area (TPSA) is 44.4 Å². The number of piperidine rings is 1. The monoisotopic (exact) mass is 289 g/mol. The molecule has 1 aromatic rings. The molecule has 0 spiro atoms. The number of anilines is 1. The van der Waals surface area contributed by atoms with Crippen LogP contribution >= 0.6 is 0 Å². The van der Waals surface area contributed by atoms with Gasteiger partial charge in [-0.3, -0.25) is 0 Å². The maximum Gasteiger partial charge on any atom is 0.319 e. The molecule has 0 bridgehead atoms. The number of benzene rings is 1. The number of likely N-dealkylation sites (tertiary alicyclic amines) is 1. The highest BCUT2D eigenvalue weighted by atomic mass is 16.2. The molecule has 1 fully saturated rings. The fraction of sp³-hybridized carbons (Fsp3) is 0.588. The van der Waals surface area contributed by atoms with E-state index in [1.165, 1.54) is 11.1 Å². The number of nitrogens with zero attached hydrogens (tertiary/aromatic N) is 1. The number of amides is 2. The Hall–Kier alpha value is -1.55. The highest BCUT2D eigenvalue weighted by Gasteiger charge is 2.19. The first-order chi connectivity index (χ1) is 10.1. The Balaban J connectivity index is 1.99. The predicted octanol–water partition coefficient (Wildman–Crippen LogP) is 3.03. The lowest BCUT2D eigenvalue weighted by atomic mass is 10.0. The minimum atomic E-state index is -0.0693. The quantitative estimate of drug-likeness (QED) is 0.895. The number of urea groups is 1. The molecule has 1 aliphatic heterocycles. The third-order valence-corrected chi connectivity index (χ3v) is 4.29. The van der Waals surface area contributed by atoms with Crippen molar-refractivity contribution in [2.75, 3.05) is 25.5 Å². The normalized spacial score (nSPS) is 16.7. The zero-order valence-electron chi connectivity index (χ0n) is 13.4. The number of hydrogen-bond acceptors (Lipinski definition) is 2. The molecule has 0 radical (unpaired) electrons. The Kier molecular flexibility index (Phi) is 5.62. The van der Waals surface area contributed by atoms with Gasteiger partial charge >= 0.3 is 6.03 Å². The third-order valence-electron chi connectivity index (χ3n) is 4.29. The summed E-state index contributed by atoms with van der Waals surface area (Å²) in [6.07, 6.45) is 3.91. The van der Waals surface area contributed by atoms with Gasteiger partial charge in [-0.1, -0.05) is 32.0 Å². The van der Waals surface area contributed by atoms with Gasteiger partial charge in [0.25, 0.3) is 0 Å². The Morgan fingerprint density at radius 1 is 1.19 bits per heavy atom. The molecule has 1 aliphatic rings. The van der Waals surface area contributed by atoms with Gasteiger partial charge in [-0.2, -0.15) is 0 Å². The van der Waals surface area contributed by atoms with E-state index in [1.807, 2.05) is 0 Å². The average Bonchev–Trinajstić information content (AvgIpc) is 2.49. The third kappa shape index (κ3) is 4.21. The zero-order valence-corrected chi connectivity index (χ0v) is 13.4. The number of hydrogen-bond donors (Lipinski definition) is 2. The van der Waals surface area contributed by atoms with Crippen LogP contribution < -0.4 is 10.6 Å². The van der Waals surface area contributed by atoms with E-state index in [2.05, 4.69) is 54.6 Å². The highest BCUT2D eigenvalue weighted by Crippen LogP contribution is 2.22. The number of aryl methyl sites for hydroxylation is 2. The van der Waals surface area contributed by atoms with E-state index >= 15 is 0 Å². The van der Waals surface area contributed by atoms with Crippen molar-refractivity contribution in [3.63, 3.8) is 0 Å². The second-order valence-electron chi connectivity index (χ2n) is 5.83. The maximum atomic E-state index is 12.3.